The molecule has 2 aromatic rings. The van der Waals surface area contributed by atoms with Crippen LogP contribution in [0.1, 0.15) is 28.8 Å². The number of carbonyl (C=O) groups is 1. The van der Waals surface area contributed by atoms with Crippen LogP contribution in [0.3, 0.4) is 0 Å². The largest absolute Gasteiger partial charge is 0.494 e. The molecule has 3 N–H and O–H groups in total. The number of H-pyrrole nitrogens is 1. The monoisotopic (exact) mass is 334 g/mol. The second-order valence-corrected chi connectivity index (χ2v) is 6.57. The summed E-state index contributed by atoms with van der Waals surface area (Å²) in [6.07, 6.45) is 2.08. The van der Waals surface area contributed by atoms with Gasteiger partial charge >= 0.3 is 4.87 Å². The Balaban J connectivity index is 1.95. The van der Waals surface area contributed by atoms with Crippen LogP contribution in [-0.2, 0) is 17.6 Å². The molecule has 1 amide bonds. The summed E-state index contributed by atoms with van der Waals surface area (Å²) < 4.78 is 0. The molecule has 6 nitrogen and oxygen atoms in total. The number of hydrogen-bond acceptors (Lipinski definition) is 5. The van der Waals surface area contributed by atoms with E-state index in [9.17, 15) is 14.7 Å². The number of hydrogen-bond donors (Lipinski definition) is 3. The van der Waals surface area contributed by atoms with Crippen molar-refractivity contribution >= 4 is 22.9 Å². The van der Waals surface area contributed by atoms with Crippen molar-refractivity contribution in [1.82, 2.24) is 4.98 Å². The van der Waals surface area contributed by atoms with Crippen molar-refractivity contribution in [2.24, 2.45) is 0 Å². The molecule has 0 atom stereocenters. The first kappa shape index (κ1) is 15.8. The molecule has 0 aliphatic carbocycles. The van der Waals surface area contributed by atoms with E-state index in [-0.39, 0.29) is 23.3 Å². The van der Waals surface area contributed by atoms with Gasteiger partial charge in [0, 0.05) is 31.7 Å². The first-order valence-electron chi connectivity index (χ1n) is 7.53. The Bertz CT molecular complexity index is 781. The summed E-state index contributed by atoms with van der Waals surface area (Å²) in [7, 11) is 0. The second kappa shape index (κ2) is 6.55. The number of carbonyl (C=O) groups excluding carboxylic acids is 1. The number of aliphatic hydroxyl groups excluding tert-OH is 1. The fourth-order valence-corrected chi connectivity index (χ4v) is 3.70. The highest BCUT2D eigenvalue weighted by atomic mass is 32.1. The molecule has 0 bridgehead atoms. The Morgan fingerprint density at radius 3 is 2.78 bits per heavy atom. The average molecular weight is 334 g/mol. The third-order valence-corrected chi connectivity index (χ3v) is 4.89. The van der Waals surface area contributed by atoms with Gasteiger partial charge in [0.2, 0.25) is 11.8 Å². The van der Waals surface area contributed by atoms with E-state index in [1.807, 2.05) is 18.2 Å². The summed E-state index contributed by atoms with van der Waals surface area (Å²) in [6, 6.07) is 5.75. The fourth-order valence-electron chi connectivity index (χ4n) is 2.95. The molecule has 7 heteroatoms. The van der Waals surface area contributed by atoms with E-state index in [1.54, 1.807) is 4.90 Å². The molecule has 1 aromatic heterocycles. The first-order chi connectivity index (χ1) is 11.1. The predicted octanol–water partition coefficient (Wildman–Crippen LogP) is 1.39. The van der Waals surface area contributed by atoms with Crippen LogP contribution in [0.2, 0.25) is 0 Å². The third-order valence-electron chi connectivity index (χ3n) is 4.02. The zero-order valence-electron chi connectivity index (χ0n) is 12.5. The lowest BCUT2D eigenvalue weighted by Gasteiger charge is -2.30. The number of aromatic nitrogens is 1. The predicted molar refractivity (Wildman–Crippen MR) is 88.2 cm³/mol. The van der Waals surface area contributed by atoms with Crippen LogP contribution in [0, 0.1) is 0 Å². The minimum Gasteiger partial charge on any atom is -0.494 e. The topological polar surface area (TPSA) is 93.6 Å². The Hall–Kier alpha value is -2.12. The van der Waals surface area contributed by atoms with E-state index in [4.69, 9.17) is 5.11 Å². The fraction of sp³-hybridized carbons (Fsp3) is 0.375. The average Bonchev–Trinajstić information content (AvgIpc) is 2.84. The summed E-state index contributed by atoms with van der Waals surface area (Å²) in [6.45, 7) is 0.540. The van der Waals surface area contributed by atoms with Crippen molar-refractivity contribution in [2.45, 2.75) is 25.7 Å². The molecule has 0 fully saturated rings. The number of nitrogens with one attached hydrogen (secondary N) is 1. The number of nitrogens with zero attached hydrogens (tertiary/aromatic N) is 1. The maximum atomic E-state index is 12.1. The molecule has 0 saturated carbocycles. The normalized spacial score (nSPS) is 14.1. The molecule has 122 valence electrons. The number of aliphatic hydroxyl groups is 1. The smallest absolute Gasteiger partial charge is 0.307 e. The minimum absolute atomic E-state index is 0.0456. The molecule has 0 unspecified atom stereocenters. The Morgan fingerprint density at radius 1 is 1.26 bits per heavy atom. The van der Waals surface area contributed by atoms with Crippen LogP contribution in [0.5, 0.6) is 5.88 Å². The van der Waals surface area contributed by atoms with Crippen molar-refractivity contribution in [3.8, 4) is 5.88 Å². The van der Waals surface area contributed by atoms with Crippen molar-refractivity contribution < 1.29 is 15.0 Å². The highest BCUT2D eigenvalue weighted by Crippen LogP contribution is 2.33. The zero-order chi connectivity index (χ0) is 16.4. The van der Waals surface area contributed by atoms with Crippen LogP contribution < -0.4 is 9.77 Å². The van der Waals surface area contributed by atoms with Gasteiger partial charge in [-0.3, -0.25) is 14.6 Å². The first-order valence-corrected chi connectivity index (χ1v) is 8.34. The number of amides is 1. The van der Waals surface area contributed by atoms with Gasteiger partial charge in [-0.15, -0.1) is 0 Å². The summed E-state index contributed by atoms with van der Waals surface area (Å²) >= 11 is 1.00. The maximum Gasteiger partial charge on any atom is 0.307 e. The Labute approximate surface area is 137 Å². The lowest BCUT2D eigenvalue weighted by molar-refractivity contribution is -0.118. The minimum atomic E-state index is -0.276. The van der Waals surface area contributed by atoms with Gasteiger partial charge < -0.3 is 15.1 Å². The van der Waals surface area contributed by atoms with Gasteiger partial charge in [0.1, 0.15) is 0 Å². The highest BCUT2D eigenvalue weighted by Gasteiger charge is 2.25. The van der Waals surface area contributed by atoms with E-state index < -0.39 is 0 Å². The lowest BCUT2D eigenvalue weighted by atomic mass is 9.93. The third kappa shape index (κ3) is 3.16. The maximum absolute atomic E-state index is 12.1. The second-order valence-electron chi connectivity index (χ2n) is 5.50. The van der Waals surface area contributed by atoms with E-state index in [2.05, 4.69) is 4.98 Å². The van der Waals surface area contributed by atoms with E-state index in [0.29, 0.717) is 37.1 Å². The molecule has 1 aromatic carbocycles. The number of fused-ring (bicyclic) bond motifs is 1. The van der Waals surface area contributed by atoms with Gasteiger partial charge in [0.25, 0.3) is 0 Å². The van der Waals surface area contributed by atoms with Gasteiger partial charge in [0.05, 0.1) is 4.88 Å². The molecule has 0 radical (unpaired) electrons. The molecule has 1 aliphatic heterocycles. The Kier molecular flexibility index (Phi) is 4.49. The van der Waals surface area contributed by atoms with Crippen LogP contribution in [0.25, 0.3) is 0 Å². The van der Waals surface area contributed by atoms with Crippen molar-refractivity contribution in [2.75, 3.05) is 18.1 Å². The van der Waals surface area contributed by atoms with E-state index >= 15 is 0 Å². The summed E-state index contributed by atoms with van der Waals surface area (Å²) in [5.74, 6) is -0.0149. The van der Waals surface area contributed by atoms with Crippen LogP contribution in [0.4, 0.5) is 5.69 Å². The van der Waals surface area contributed by atoms with Gasteiger partial charge in [-0.25, -0.2) is 0 Å². The molecule has 0 spiro atoms. The van der Waals surface area contributed by atoms with E-state index in [0.717, 1.165) is 28.2 Å². The van der Waals surface area contributed by atoms with Gasteiger partial charge in [-0.2, -0.15) is 0 Å². The Morgan fingerprint density at radius 2 is 2.09 bits per heavy atom. The molecule has 3 rings (SSSR count). The number of aromatic amines is 1. The summed E-state index contributed by atoms with van der Waals surface area (Å²) in [4.78, 5) is 27.9. The number of rotatable bonds is 5. The standard InChI is InChI=1S/C16H18N2O4S/c19-8-2-7-18-12-4-1-3-10(11(12)5-6-14(18)20)9-13-15(21)17-16(22)23-13/h1,3-4,19,21H,2,5-9H2,(H,17,22). The molecule has 0 saturated heterocycles. The van der Waals surface area contributed by atoms with Crippen molar-refractivity contribution in [3.05, 3.63) is 43.9 Å². The van der Waals surface area contributed by atoms with Gasteiger partial charge in [-0.1, -0.05) is 23.5 Å². The zero-order valence-corrected chi connectivity index (χ0v) is 13.4. The van der Waals surface area contributed by atoms with Crippen LogP contribution >= 0.6 is 11.3 Å². The number of anilines is 1. The quantitative estimate of drug-likeness (QED) is 0.770. The molecule has 2 heterocycles. The summed E-state index contributed by atoms with van der Waals surface area (Å²) in [5, 5.41) is 18.8. The SMILES string of the molecule is O=C1CCc2c(Cc3sc(=O)[nH]c3O)cccc2N1CCCO. The van der Waals surface area contributed by atoms with Crippen LogP contribution in [-0.4, -0.2) is 34.3 Å². The highest BCUT2D eigenvalue weighted by molar-refractivity contribution is 7.09. The molecule has 1 aliphatic rings. The van der Waals surface area contributed by atoms with Crippen LogP contribution in [0.15, 0.2) is 23.0 Å². The molecule has 23 heavy (non-hydrogen) atoms. The lowest BCUT2D eigenvalue weighted by Crippen LogP contribution is -2.36. The number of thiazole rings is 1. The number of aromatic hydroxyl groups is 1. The molecular weight excluding hydrogens is 316 g/mol. The van der Waals surface area contributed by atoms with Crippen molar-refractivity contribution in [3.63, 3.8) is 0 Å². The summed E-state index contributed by atoms with van der Waals surface area (Å²) in [5.41, 5.74) is 2.95. The van der Waals surface area contributed by atoms with Gasteiger partial charge in [-0.05, 0) is 30.0 Å². The van der Waals surface area contributed by atoms with Gasteiger partial charge in [0.15, 0.2) is 0 Å². The molecular formula is C16H18N2O4S. The van der Waals surface area contributed by atoms with E-state index in [1.165, 1.54) is 0 Å². The number of benzene rings is 1. The van der Waals surface area contributed by atoms with Crippen molar-refractivity contribution in [1.29, 1.82) is 0 Å².